The average molecular weight is 280 g/mol. The minimum atomic E-state index is -0.359. The Labute approximate surface area is 115 Å². The first-order valence-electron chi connectivity index (χ1n) is 5.84. The number of rotatable bonds is 6. The van der Waals surface area contributed by atoms with Gasteiger partial charge in [-0.05, 0) is 23.9 Å². The zero-order chi connectivity index (χ0) is 13.0. The fourth-order valence-corrected chi connectivity index (χ4v) is 3.47. The van der Waals surface area contributed by atoms with Crippen LogP contribution in [0.15, 0.2) is 29.0 Å². The van der Waals surface area contributed by atoms with Crippen LogP contribution < -0.4 is 11.1 Å². The first-order chi connectivity index (χ1) is 8.70. The van der Waals surface area contributed by atoms with E-state index in [0.717, 1.165) is 17.8 Å². The molecule has 3 N–H and O–H groups in total. The van der Waals surface area contributed by atoms with Crippen molar-refractivity contribution in [3.05, 3.63) is 44.3 Å². The highest BCUT2D eigenvalue weighted by Gasteiger charge is 2.10. The van der Waals surface area contributed by atoms with Crippen molar-refractivity contribution < 1.29 is 4.79 Å². The minimum Gasteiger partial charge on any atom is -0.366 e. The molecule has 0 radical (unpaired) electrons. The number of primary amides is 1. The molecule has 1 unspecified atom stereocenters. The maximum absolute atomic E-state index is 11.0. The van der Waals surface area contributed by atoms with E-state index in [2.05, 4.69) is 29.8 Å². The maximum atomic E-state index is 11.0. The summed E-state index contributed by atoms with van der Waals surface area (Å²) in [5.41, 5.74) is 5.83. The van der Waals surface area contributed by atoms with E-state index in [1.807, 2.05) is 11.4 Å². The van der Waals surface area contributed by atoms with Gasteiger partial charge in [0, 0.05) is 27.7 Å². The Bertz CT molecular complexity index is 505. The van der Waals surface area contributed by atoms with Crippen LogP contribution in [0.3, 0.4) is 0 Å². The Morgan fingerprint density at radius 1 is 1.50 bits per heavy atom. The summed E-state index contributed by atoms with van der Waals surface area (Å²) < 4.78 is 0. The third-order valence-corrected chi connectivity index (χ3v) is 4.68. The molecule has 0 spiro atoms. The van der Waals surface area contributed by atoms with Crippen LogP contribution >= 0.6 is 22.7 Å². The summed E-state index contributed by atoms with van der Waals surface area (Å²) in [4.78, 5) is 13.5. The fraction of sp³-hybridized carbons (Fsp3) is 0.308. The number of amides is 1. The van der Waals surface area contributed by atoms with Gasteiger partial charge >= 0.3 is 0 Å². The lowest BCUT2D eigenvalue weighted by molar-refractivity contribution is 0.100. The first-order valence-corrected chi connectivity index (χ1v) is 7.60. The summed E-state index contributed by atoms with van der Waals surface area (Å²) >= 11 is 3.34. The zero-order valence-corrected chi connectivity index (χ0v) is 11.8. The Kier molecular flexibility index (Phi) is 4.52. The third-order valence-electron chi connectivity index (χ3n) is 2.76. The molecule has 0 saturated heterocycles. The van der Waals surface area contributed by atoms with E-state index in [1.165, 1.54) is 4.88 Å². The van der Waals surface area contributed by atoms with E-state index < -0.39 is 0 Å². The van der Waals surface area contributed by atoms with E-state index in [4.69, 9.17) is 5.73 Å². The normalized spacial score (nSPS) is 12.5. The van der Waals surface area contributed by atoms with Gasteiger partial charge in [0.05, 0.1) is 5.56 Å². The van der Waals surface area contributed by atoms with Gasteiger partial charge in [-0.2, -0.15) is 0 Å². The second-order valence-corrected chi connectivity index (χ2v) is 6.00. The van der Waals surface area contributed by atoms with Crippen molar-refractivity contribution in [2.45, 2.75) is 25.9 Å². The molecule has 3 nitrogen and oxygen atoms in total. The Morgan fingerprint density at radius 3 is 2.89 bits per heavy atom. The molecule has 0 aromatic carbocycles. The Hall–Kier alpha value is -1.17. The number of thiophene rings is 2. The second kappa shape index (κ2) is 6.13. The van der Waals surface area contributed by atoms with Crippen molar-refractivity contribution in [2.24, 2.45) is 5.73 Å². The van der Waals surface area contributed by atoms with Crippen molar-refractivity contribution in [1.29, 1.82) is 0 Å². The molecule has 0 aliphatic heterocycles. The van der Waals surface area contributed by atoms with E-state index in [9.17, 15) is 4.79 Å². The van der Waals surface area contributed by atoms with E-state index in [0.29, 0.717) is 11.6 Å². The van der Waals surface area contributed by atoms with Crippen molar-refractivity contribution in [1.82, 2.24) is 5.32 Å². The topological polar surface area (TPSA) is 55.1 Å². The fourth-order valence-electron chi connectivity index (χ4n) is 1.76. The Morgan fingerprint density at radius 2 is 2.33 bits per heavy atom. The van der Waals surface area contributed by atoms with Crippen LogP contribution in [-0.4, -0.2) is 5.91 Å². The molecule has 0 aliphatic rings. The van der Waals surface area contributed by atoms with Crippen molar-refractivity contribution in [3.8, 4) is 0 Å². The van der Waals surface area contributed by atoms with Gasteiger partial charge in [0.1, 0.15) is 0 Å². The molecular formula is C13H16N2OS2. The monoisotopic (exact) mass is 280 g/mol. The van der Waals surface area contributed by atoms with Gasteiger partial charge in [0.2, 0.25) is 5.91 Å². The molecule has 0 bridgehead atoms. The average Bonchev–Trinajstić information content (AvgIpc) is 3.00. The van der Waals surface area contributed by atoms with Crippen molar-refractivity contribution in [3.63, 3.8) is 0 Å². The van der Waals surface area contributed by atoms with Gasteiger partial charge in [0.25, 0.3) is 0 Å². The SMILES string of the molecule is CCC(NCc1cc(C(N)=O)cs1)c1cccs1. The van der Waals surface area contributed by atoms with Gasteiger partial charge in [0.15, 0.2) is 0 Å². The number of nitrogens with two attached hydrogens (primary N) is 1. The van der Waals surface area contributed by atoms with Gasteiger partial charge in [-0.1, -0.05) is 13.0 Å². The lowest BCUT2D eigenvalue weighted by Gasteiger charge is -2.14. The van der Waals surface area contributed by atoms with Crippen LogP contribution in [0.1, 0.15) is 39.5 Å². The summed E-state index contributed by atoms with van der Waals surface area (Å²) in [6.45, 7) is 2.94. The molecule has 2 aromatic rings. The highest BCUT2D eigenvalue weighted by atomic mass is 32.1. The van der Waals surface area contributed by atoms with Crippen LogP contribution in [-0.2, 0) is 6.54 Å². The highest BCUT2D eigenvalue weighted by molar-refractivity contribution is 7.10. The molecule has 96 valence electrons. The summed E-state index contributed by atoms with van der Waals surface area (Å²) in [7, 11) is 0. The predicted octanol–water partition coefficient (Wildman–Crippen LogP) is 3.15. The molecule has 2 aromatic heterocycles. The number of hydrogen-bond donors (Lipinski definition) is 2. The number of nitrogens with one attached hydrogen (secondary N) is 1. The summed E-state index contributed by atoms with van der Waals surface area (Å²) in [5.74, 6) is -0.359. The molecule has 1 amide bonds. The van der Waals surface area contributed by atoms with Crippen LogP contribution in [0.4, 0.5) is 0 Å². The molecule has 18 heavy (non-hydrogen) atoms. The molecule has 0 saturated carbocycles. The summed E-state index contributed by atoms with van der Waals surface area (Å²) in [5, 5.41) is 7.41. The van der Waals surface area contributed by atoms with Gasteiger partial charge in [-0.3, -0.25) is 4.79 Å². The second-order valence-electron chi connectivity index (χ2n) is 4.02. The first kappa shape index (κ1) is 13.3. The molecule has 2 rings (SSSR count). The van der Waals surface area contributed by atoms with Crippen LogP contribution in [0, 0.1) is 0 Å². The van der Waals surface area contributed by atoms with E-state index in [-0.39, 0.29) is 5.91 Å². The van der Waals surface area contributed by atoms with Gasteiger partial charge in [-0.25, -0.2) is 0 Å². The lowest BCUT2D eigenvalue weighted by Crippen LogP contribution is -2.18. The predicted molar refractivity (Wildman–Crippen MR) is 77.0 cm³/mol. The third kappa shape index (κ3) is 3.19. The Balaban J connectivity index is 1.95. The molecule has 5 heteroatoms. The van der Waals surface area contributed by atoms with E-state index in [1.54, 1.807) is 22.7 Å². The smallest absolute Gasteiger partial charge is 0.249 e. The summed E-state index contributed by atoms with van der Waals surface area (Å²) in [6, 6.07) is 6.46. The van der Waals surface area contributed by atoms with Crippen LogP contribution in [0.25, 0.3) is 0 Å². The molecule has 0 aliphatic carbocycles. The van der Waals surface area contributed by atoms with Crippen LogP contribution in [0.2, 0.25) is 0 Å². The van der Waals surface area contributed by atoms with Crippen molar-refractivity contribution >= 4 is 28.6 Å². The van der Waals surface area contributed by atoms with Crippen LogP contribution in [0.5, 0.6) is 0 Å². The minimum absolute atomic E-state index is 0.359. The molecule has 1 atom stereocenters. The number of hydrogen-bond acceptors (Lipinski definition) is 4. The van der Waals surface area contributed by atoms with Gasteiger partial charge < -0.3 is 11.1 Å². The van der Waals surface area contributed by atoms with Gasteiger partial charge in [-0.15, -0.1) is 22.7 Å². The standard InChI is InChI=1S/C13H16N2OS2/c1-2-11(12-4-3-5-17-12)15-7-10-6-9(8-18-10)13(14)16/h3-6,8,11,15H,2,7H2,1H3,(H2,14,16). The lowest BCUT2D eigenvalue weighted by atomic mass is 10.2. The largest absolute Gasteiger partial charge is 0.366 e. The maximum Gasteiger partial charge on any atom is 0.249 e. The number of carbonyl (C=O) groups is 1. The highest BCUT2D eigenvalue weighted by Crippen LogP contribution is 2.23. The molecular weight excluding hydrogens is 264 g/mol. The van der Waals surface area contributed by atoms with E-state index >= 15 is 0 Å². The van der Waals surface area contributed by atoms with Crippen molar-refractivity contribution in [2.75, 3.05) is 0 Å². The zero-order valence-electron chi connectivity index (χ0n) is 10.2. The quantitative estimate of drug-likeness (QED) is 0.854. The summed E-state index contributed by atoms with van der Waals surface area (Å²) in [6.07, 6.45) is 1.05. The molecule has 2 heterocycles. The number of carbonyl (C=O) groups excluding carboxylic acids is 1. The molecule has 0 fully saturated rings.